The van der Waals surface area contributed by atoms with Gasteiger partial charge in [0.2, 0.25) is 5.91 Å². The quantitative estimate of drug-likeness (QED) is 0.787. The number of amides is 2. The van der Waals surface area contributed by atoms with Crippen LogP contribution < -0.4 is 5.32 Å². The van der Waals surface area contributed by atoms with E-state index in [1.165, 1.54) is 0 Å². The summed E-state index contributed by atoms with van der Waals surface area (Å²) >= 11 is 0. The third kappa shape index (κ3) is 5.47. The molecule has 0 radical (unpaired) electrons. The second-order valence-electron chi connectivity index (χ2n) is 8.09. The minimum Gasteiger partial charge on any atom is -0.451 e. The highest BCUT2D eigenvalue weighted by Gasteiger charge is 2.38. The Morgan fingerprint density at radius 2 is 1.79 bits per heavy atom. The van der Waals surface area contributed by atoms with E-state index in [0.29, 0.717) is 36.1 Å². The van der Waals surface area contributed by atoms with Crippen LogP contribution in [-0.4, -0.2) is 35.3 Å². The fraction of sp³-hybridized carbons (Fsp3) is 0.524. The van der Waals surface area contributed by atoms with Gasteiger partial charge < -0.3 is 14.6 Å². The lowest BCUT2D eigenvalue weighted by molar-refractivity contribution is -0.130. The molecule has 0 aliphatic carbocycles. The number of hydrogen-bond acceptors (Lipinski definition) is 3. The van der Waals surface area contributed by atoms with Crippen LogP contribution in [0.2, 0.25) is 0 Å². The number of benzene rings is 1. The van der Waals surface area contributed by atoms with Crippen LogP contribution in [-0.2, 0) is 4.79 Å². The van der Waals surface area contributed by atoms with Crippen molar-refractivity contribution in [1.82, 2.24) is 10.2 Å². The molecule has 7 heteroatoms. The zero-order chi connectivity index (χ0) is 18.8. The average molecular weight is 425 g/mol. The first-order valence-corrected chi connectivity index (χ1v) is 9.45. The SMILES string of the molecule is CC(C)C[C@H]1CN(C(=O)c2cc3ccccc3o2)[C@@H](CC(C)C)C(=O)N1.S.S. The Kier molecular flexibility index (Phi) is 8.95. The lowest BCUT2D eigenvalue weighted by atomic mass is 9.95. The van der Waals surface area contributed by atoms with Gasteiger partial charge in [0.05, 0.1) is 0 Å². The average Bonchev–Trinajstić information content (AvgIpc) is 2.99. The van der Waals surface area contributed by atoms with Crippen LogP contribution in [0.5, 0.6) is 0 Å². The van der Waals surface area contributed by atoms with Crippen molar-refractivity contribution in [3.05, 3.63) is 36.1 Å². The number of nitrogens with zero attached hydrogens (tertiary/aromatic N) is 1. The van der Waals surface area contributed by atoms with Gasteiger partial charge in [-0.15, -0.1) is 0 Å². The monoisotopic (exact) mass is 424 g/mol. The Bertz CT molecular complexity index is 771. The smallest absolute Gasteiger partial charge is 0.290 e. The number of carbonyl (C=O) groups excluding carboxylic acids is 2. The van der Waals surface area contributed by atoms with E-state index in [2.05, 4.69) is 33.0 Å². The molecule has 5 nitrogen and oxygen atoms in total. The lowest BCUT2D eigenvalue weighted by Gasteiger charge is -2.40. The van der Waals surface area contributed by atoms with E-state index >= 15 is 0 Å². The maximum atomic E-state index is 13.2. The molecule has 0 spiro atoms. The zero-order valence-electron chi connectivity index (χ0n) is 17.0. The van der Waals surface area contributed by atoms with Crippen LogP contribution in [0.3, 0.4) is 0 Å². The van der Waals surface area contributed by atoms with Gasteiger partial charge in [-0.2, -0.15) is 27.0 Å². The second kappa shape index (κ2) is 10.3. The van der Waals surface area contributed by atoms with Crippen molar-refractivity contribution in [2.75, 3.05) is 6.54 Å². The molecule has 0 bridgehead atoms. The summed E-state index contributed by atoms with van der Waals surface area (Å²) in [5, 5.41) is 4.00. The molecular weight excluding hydrogens is 392 g/mol. The van der Waals surface area contributed by atoms with E-state index in [1.54, 1.807) is 11.0 Å². The molecular formula is C21H32N2O3S2. The maximum absolute atomic E-state index is 13.2. The van der Waals surface area contributed by atoms with Gasteiger partial charge in [-0.3, -0.25) is 9.59 Å². The van der Waals surface area contributed by atoms with Gasteiger partial charge >= 0.3 is 0 Å². The second-order valence-corrected chi connectivity index (χ2v) is 8.09. The Labute approximate surface area is 181 Å². The van der Waals surface area contributed by atoms with Gasteiger partial charge in [-0.1, -0.05) is 45.9 Å². The molecule has 0 saturated carbocycles. The molecule has 3 rings (SSSR count). The van der Waals surface area contributed by atoms with Crippen LogP contribution >= 0.6 is 27.0 Å². The molecule has 2 aromatic rings. The van der Waals surface area contributed by atoms with E-state index in [9.17, 15) is 9.59 Å². The summed E-state index contributed by atoms with van der Waals surface area (Å²) in [5.41, 5.74) is 0.691. The number of furan rings is 1. The molecule has 1 N–H and O–H groups in total. The fourth-order valence-electron chi connectivity index (χ4n) is 3.69. The molecule has 1 aromatic carbocycles. The molecule has 2 amide bonds. The third-order valence-corrected chi connectivity index (χ3v) is 4.79. The first-order chi connectivity index (χ1) is 12.3. The zero-order valence-corrected chi connectivity index (χ0v) is 19.0. The number of rotatable bonds is 5. The minimum atomic E-state index is -0.445. The highest BCUT2D eigenvalue weighted by atomic mass is 32.1. The summed E-state index contributed by atoms with van der Waals surface area (Å²) in [4.78, 5) is 27.6. The number of para-hydroxylation sites is 1. The lowest BCUT2D eigenvalue weighted by Crippen LogP contribution is -2.62. The summed E-state index contributed by atoms with van der Waals surface area (Å²) in [6.07, 6.45) is 1.50. The number of nitrogens with one attached hydrogen (secondary N) is 1. The summed E-state index contributed by atoms with van der Waals surface area (Å²) in [7, 11) is 0. The van der Waals surface area contributed by atoms with Crippen molar-refractivity contribution in [3.8, 4) is 0 Å². The van der Waals surface area contributed by atoms with Gasteiger partial charge in [0, 0.05) is 18.0 Å². The largest absolute Gasteiger partial charge is 0.451 e. The number of carbonyl (C=O) groups is 2. The van der Waals surface area contributed by atoms with Crippen molar-refractivity contribution >= 4 is 49.8 Å². The van der Waals surface area contributed by atoms with Gasteiger partial charge in [-0.05, 0) is 36.8 Å². The molecule has 1 aliphatic heterocycles. The van der Waals surface area contributed by atoms with Crippen LogP contribution in [0.4, 0.5) is 0 Å². The Morgan fingerprint density at radius 3 is 2.39 bits per heavy atom. The van der Waals surface area contributed by atoms with Gasteiger partial charge in [0.1, 0.15) is 11.6 Å². The van der Waals surface area contributed by atoms with Crippen LogP contribution in [0, 0.1) is 11.8 Å². The predicted octanol–water partition coefficient (Wildman–Crippen LogP) is 4.06. The molecule has 2 atom stereocenters. The van der Waals surface area contributed by atoms with E-state index < -0.39 is 6.04 Å². The van der Waals surface area contributed by atoms with Crippen LogP contribution in [0.1, 0.15) is 51.1 Å². The normalized spacial score (nSPS) is 19.4. The fourth-order valence-corrected chi connectivity index (χ4v) is 3.69. The minimum absolute atomic E-state index is 0. The molecule has 1 aliphatic rings. The van der Waals surface area contributed by atoms with Crippen molar-refractivity contribution < 1.29 is 14.0 Å². The molecule has 1 fully saturated rings. The van der Waals surface area contributed by atoms with Crippen LogP contribution in [0.25, 0.3) is 11.0 Å². The summed E-state index contributed by atoms with van der Waals surface area (Å²) in [6, 6.07) is 8.88. The number of piperazine rings is 1. The van der Waals surface area contributed by atoms with E-state index in [4.69, 9.17) is 4.42 Å². The molecule has 0 unspecified atom stereocenters. The van der Waals surface area contributed by atoms with Crippen molar-refractivity contribution in [1.29, 1.82) is 0 Å². The Hall–Kier alpha value is -1.60. The van der Waals surface area contributed by atoms with E-state index in [0.717, 1.165) is 11.8 Å². The summed E-state index contributed by atoms with van der Waals surface area (Å²) in [5.74, 6) is 0.817. The van der Waals surface area contributed by atoms with Gasteiger partial charge in [0.25, 0.3) is 5.91 Å². The molecule has 2 heterocycles. The van der Waals surface area contributed by atoms with Crippen molar-refractivity contribution in [2.45, 2.75) is 52.6 Å². The number of fused-ring (bicyclic) bond motifs is 1. The van der Waals surface area contributed by atoms with E-state index in [1.807, 2.05) is 24.3 Å². The topological polar surface area (TPSA) is 62.6 Å². The molecule has 1 saturated heterocycles. The van der Waals surface area contributed by atoms with Crippen molar-refractivity contribution in [2.24, 2.45) is 11.8 Å². The highest BCUT2D eigenvalue weighted by Crippen LogP contribution is 2.25. The third-order valence-electron chi connectivity index (χ3n) is 4.79. The number of hydrogen-bond donors (Lipinski definition) is 1. The van der Waals surface area contributed by atoms with Gasteiger partial charge in [0.15, 0.2) is 5.76 Å². The first kappa shape index (κ1) is 24.4. The summed E-state index contributed by atoms with van der Waals surface area (Å²) < 4.78 is 5.77. The molecule has 28 heavy (non-hydrogen) atoms. The first-order valence-electron chi connectivity index (χ1n) is 9.45. The maximum Gasteiger partial charge on any atom is 0.290 e. The predicted molar refractivity (Wildman–Crippen MR) is 123 cm³/mol. The Balaban J connectivity index is 0.00000196. The molecule has 156 valence electrons. The van der Waals surface area contributed by atoms with Crippen LogP contribution in [0.15, 0.2) is 34.7 Å². The summed E-state index contributed by atoms with van der Waals surface area (Å²) in [6.45, 7) is 8.90. The van der Waals surface area contributed by atoms with Crippen molar-refractivity contribution in [3.63, 3.8) is 0 Å². The van der Waals surface area contributed by atoms with E-state index in [-0.39, 0.29) is 44.8 Å². The molecule has 1 aromatic heterocycles. The highest BCUT2D eigenvalue weighted by molar-refractivity contribution is 7.59. The standard InChI is InChI=1S/C21H28N2O3.2H2S/c1-13(2)9-16-12-23(17(10-14(3)4)20(24)22-16)21(25)19-11-15-7-5-6-8-18(15)26-19;;/h5-8,11,13-14,16-17H,9-10,12H2,1-4H3,(H,22,24);2*1H2/t16-,17-;;/m0../s1. The van der Waals surface area contributed by atoms with Gasteiger partial charge in [-0.25, -0.2) is 0 Å². The Morgan fingerprint density at radius 1 is 1.14 bits per heavy atom.